The molecular weight excluding hydrogens is 439 g/mol. The molecule has 1 saturated carbocycles. The molecule has 0 spiro atoms. The highest BCUT2D eigenvalue weighted by atomic mass is 32.1. The molecule has 0 bridgehead atoms. The Morgan fingerprint density at radius 2 is 1.91 bits per heavy atom. The van der Waals surface area contributed by atoms with Gasteiger partial charge in [-0.2, -0.15) is 13.2 Å². The number of thiazole rings is 1. The predicted molar refractivity (Wildman–Crippen MR) is 116 cm³/mol. The summed E-state index contributed by atoms with van der Waals surface area (Å²) in [4.78, 5) is 16.6. The van der Waals surface area contributed by atoms with Crippen molar-refractivity contribution < 1.29 is 27.8 Å². The SMILES string of the molecule is Cc1sc(CCOc2cc(CC(=O)O)ccc2C2CC2)nc1-c1ccc(C(F)(F)F)cc1. The maximum atomic E-state index is 12.8. The largest absolute Gasteiger partial charge is 0.493 e. The van der Waals surface area contributed by atoms with Gasteiger partial charge in [0, 0.05) is 16.9 Å². The van der Waals surface area contributed by atoms with E-state index in [1.165, 1.54) is 23.5 Å². The minimum atomic E-state index is -4.36. The molecule has 0 amide bonds. The fourth-order valence-electron chi connectivity index (χ4n) is 3.61. The fourth-order valence-corrected chi connectivity index (χ4v) is 4.55. The lowest BCUT2D eigenvalue weighted by Crippen LogP contribution is -2.05. The van der Waals surface area contributed by atoms with Crippen molar-refractivity contribution >= 4 is 17.3 Å². The molecule has 3 aromatic rings. The molecule has 1 fully saturated rings. The highest BCUT2D eigenvalue weighted by molar-refractivity contribution is 7.12. The van der Waals surface area contributed by atoms with E-state index in [-0.39, 0.29) is 6.42 Å². The highest BCUT2D eigenvalue weighted by Crippen LogP contribution is 2.44. The monoisotopic (exact) mass is 461 g/mol. The number of benzene rings is 2. The average molecular weight is 462 g/mol. The zero-order valence-corrected chi connectivity index (χ0v) is 18.2. The predicted octanol–water partition coefficient (Wildman–Crippen LogP) is 6.26. The van der Waals surface area contributed by atoms with Crippen molar-refractivity contribution in [1.82, 2.24) is 4.98 Å². The molecule has 0 radical (unpaired) electrons. The van der Waals surface area contributed by atoms with Crippen LogP contribution in [-0.2, 0) is 23.8 Å². The number of ether oxygens (including phenoxy) is 1. The van der Waals surface area contributed by atoms with E-state index < -0.39 is 17.7 Å². The molecule has 0 atom stereocenters. The van der Waals surface area contributed by atoms with Crippen molar-refractivity contribution in [3.63, 3.8) is 0 Å². The van der Waals surface area contributed by atoms with Crippen molar-refractivity contribution in [2.24, 2.45) is 0 Å². The molecule has 0 unspecified atom stereocenters. The topological polar surface area (TPSA) is 59.4 Å². The van der Waals surface area contributed by atoms with Gasteiger partial charge in [-0.05, 0) is 55.0 Å². The van der Waals surface area contributed by atoms with Gasteiger partial charge in [-0.3, -0.25) is 4.79 Å². The highest BCUT2D eigenvalue weighted by Gasteiger charge is 2.30. The van der Waals surface area contributed by atoms with Crippen molar-refractivity contribution in [1.29, 1.82) is 0 Å². The van der Waals surface area contributed by atoms with Crippen LogP contribution in [-0.4, -0.2) is 22.7 Å². The number of aliphatic carboxylic acids is 1. The molecule has 0 aliphatic heterocycles. The van der Waals surface area contributed by atoms with Crippen LogP contribution in [0.4, 0.5) is 13.2 Å². The second-order valence-electron chi connectivity index (χ2n) is 7.90. The zero-order chi connectivity index (χ0) is 22.9. The Morgan fingerprint density at radius 1 is 1.19 bits per heavy atom. The first-order valence-corrected chi connectivity index (χ1v) is 11.1. The first-order valence-electron chi connectivity index (χ1n) is 10.3. The molecule has 1 N–H and O–H groups in total. The van der Waals surface area contributed by atoms with Crippen molar-refractivity contribution in [3.05, 3.63) is 69.0 Å². The molecule has 0 saturated heterocycles. The number of hydrogen-bond acceptors (Lipinski definition) is 4. The van der Waals surface area contributed by atoms with Gasteiger partial charge < -0.3 is 9.84 Å². The number of alkyl halides is 3. The number of halogens is 3. The number of carbonyl (C=O) groups is 1. The summed E-state index contributed by atoms with van der Waals surface area (Å²) in [5.41, 5.74) is 2.46. The van der Waals surface area contributed by atoms with Gasteiger partial charge in [-0.15, -0.1) is 11.3 Å². The molecule has 1 aliphatic carbocycles. The van der Waals surface area contributed by atoms with Gasteiger partial charge in [0.2, 0.25) is 0 Å². The molecule has 1 heterocycles. The van der Waals surface area contributed by atoms with Crippen LogP contribution in [0.5, 0.6) is 5.75 Å². The van der Waals surface area contributed by atoms with Crippen LogP contribution in [0.25, 0.3) is 11.3 Å². The summed E-state index contributed by atoms with van der Waals surface area (Å²) in [6.07, 6.45) is -1.64. The van der Waals surface area contributed by atoms with Crippen LogP contribution in [0.15, 0.2) is 42.5 Å². The summed E-state index contributed by atoms with van der Waals surface area (Å²) in [5, 5.41) is 9.89. The standard InChI is InChI=1S/C24H22F3NO3S/c1-14-23(17-5-7-18(8-6-17)24(25,26)27)28-21(32-14)10-11-31-20-12-15(13-22(29)30)2-9-19(20)16-3-4-16/h2,5-9,12,16H,3-4,10-11,13H2,1H3,(H,29,30). The average Bonchev–Trinajstić information content (AvgIpc) is 3.50. The third-order valence-corrected chi connectivity index (χ3v) is 6.38. The lowest BCUT2D eigenvalue weighted by molar-refractivity contribution is -0.138. The summed E-state index contributed by atoms with van der Waals surface area (Å²) in [6, 6.07) is 10.6. The molecule has 168 valence electrons. The van der Waals surface area contributed by atoms with Crippen molar-refractivity contribution in [2.75, 3.05) is 6.61 Å². The molecule has 2 aromatic carbocycles. The van der Waals surface area contributed by atoms with E-state index in [9.17, 15) is 18.0 Å². The van der Waals surface area contributed by atoms with Gasteiger partial charge >= 0.3 is 12.1 Å². The number of nitrogens with zero attached hydrogens (tertiary/aromatic N) is 1. The van der Waals surface area contributed by atoms with Crippen LogP contribution < -0.4 is 4.74 Å². The normalized spacial score (nSPS) is 13.9. The number of rotatable bonds is 8. The van der Waals surface area contributed by atoms with Crippen LogP contribution in [0.1, 0.15) is 45.3 Å². The fraction of sp³-hybridized carbons (Fsp3) is 0.333. The summed E-state index contributed by atoms with van der Waals surface area (Å²) in [7, 11) is 0. The van der Waals surface area contributed by atoms with Gasteiger partial charge in [-0.1, -0.05) is 24.3 Å². The first kappa shape index (κ1) is 22.3. The van der Waals surface area contributed by atoms with E-state index in [1.807, 2.05) is 25.1 Å². The zero-order valence-electron chi connectivity index (χ0n) is 17.4. The summed E-state index contributed by atoms with van der Waals surface area (Å²) in [5.74, 6) is 0.309. The van der Waals surface area contributed by atoms with Crippen LogP contribution in [0, 0.1) is 6.92 Å². The molecule has 4 nitrogen and oxygen atoms in total. The molecular formula is C24H22F3NO3S. The minimum absolute atomic E-state index is 0.0521. The number of carboxylic acid groups (broad SMARTS) is 1. The summed E-state index contributed by atoms with van der Waals surface area (Å²) < 4.78 is 44.4. The molecule has 1 aromatic heterocycles. The minimum Gasteiger partial charge on any atom is -0.493 e. The van der Waals surface area contributed by atoms with Gasteiger partial charge in [0.15, 0.2) is 0 Å². The Bertz CT molecular complexity index is 1120. The van der Waals surface area contributed by atoms with Gasteiger partial charge in [0.05, 0.1) is 29.3 Å². The Morgan fingerprint density at radius 3 is 2.53 bits per heavy atom. The summed E-state index contributed by atoms with van der Waals surface area (Å²) >= 11 is 1.50. The van der Waals surface area contributed by atoms with Crippen molar-refractivity contribution in [2.45, 2.75) is 44.7 Å². The number of hydrogen-bond donors (Lipinski definition) is 1. The quantitative estimate of drug-likeness (QED) is 0.430. The van der Waals surface area contributed by atoms with Gasteiger partial charge in [0.1, 0.15) is 5.75 Å². The van der Waals surface area contributed by atoms with Crippen LogP contribution >= 0.6 is 11.3 Å². The second kappa shape index (κ2) is 8.94. The van der Waals surface area contributed by atoms with Crippen molar-refractivity contribution in [3.8, 4) is 17.0 Å². The van der Waals surface area contributed by atoms with E-state index in [4.69, 9.17) is 9.84 Å². The lowest BCUT2D eigenvalue weighted by atomic mass is 10.0. The molecule has 8 heteroatoms. The van der Waals surface area contributed by atoms with E-state index in [0.29, 0.717) is 35.8 Å². The Kier molecular flexibility index (Phi) is 6.24. The Hall–Kier alpha value is -2.87. The maximum Gasteiger partial charge on any atom is 0.416 e. The van der Waals surface area contributed by atoms with Crippen LogP contribution in [0.2, 0.25) is 0 Å². The van der Waals surface area contributed by atoms with Gasteiger partial charge in [-0.25, -0.2) is 4.98 Å². The molecule has 4 rings (SSSR count). The smallest absolute Gasteiger partial charge is 0.416 e. The third kappa shape index (κ3) is 5.30. The first-order chi connectivity index (χ1) is 15.2. The van der Waals surface area contributed by atoms with E-state index in [2.05, 4.69) is 4.98 Å². The van der Waals surface area contributed by atoms with Crippen LogP contribution in [0.3, 0.4) is 0 Å². The van der Waals surface area contributed by atoms with E-state index >= 15 is 0 Å². The summed E-state index contributed by atoms with van der Waals surface area (Å²) in [6.45, 7) is 2.28. The van der Waals surface area contributed by atoms with E-state index in [1.54, 1.807) is 0 Å². The maximum absolute atomic E-state index is 12.8. The Labute approximate surface area is 187 Å². The Balaban J connectivity index is 1.44. The third-order valence-electron chi connectivity index (χ3n) is 5.35. The molecule has 32 heavy (non-hydrogen) atoms. The second-order valence-corrected chi connectivity index (χ2v) is 9.19. The molecule has 1 aliphatic rings. The van der Waals surface area contributed by atoms with Gasteiger partial charge in [0.25, 0.3) is 0 Å². The lowest BCUT2D eigenvalue weighted by Gasteiger charge is -2.12. The van der Waals surface area contributed by atoms with E-state index in [0.717, 1.165) is 46.2 Å². The number of aromatic nitrogens is 1. The number of carboxylic acids is 1. The number of aryl methyl sites for hydroxylation is 1.